The van der Waals surface area contributed by atoms with Crippen LogP contribution in [0.15, 0.2) is 47.0 Å². The number of nitrogens with zero attached hydrogens (tertiary/aromatic N) is 2. The maximum atomic E-state index is 12.6. The van der Waals surface area contributed by atoms with Gasteiger partial charge >= 0.3 is 0 Å². The number of hydrogen-bond donors (Lipinski definition) is 1. The lowest BCUT2D eigenvalue weighted by Crippen LogP contribution is -2.40. The number of halogens is 1. The Balaban J connectivity index is 1.54. The Kier molecular flexibility index (Phi) is 4.79. The number of nitrogens with one attached hydrogen (secondary N) is 1. The molecular formula is C19H16ClN3O4. The van der Waals surface area contributed by atoms with Crippen molar-refractivity contribution in [3.05, 3.63) is 58.9 Å². The van der Waals surface area contributed by atoms with Crippen molar-refractivity contribution in [2.24, 2.45) is 0 Å². The molecule has 3 heterocycles. The summed E-state index contributed by atoms with van der Waals surface area (Å²) < 4.78 is 10.9. The van der Waals surface area contributed by atoms with E-state index < -0.39 is 5.91 Å². The molecule has 0 spiro atoms. The third kappa shape index (κ3) is 3.79. The van der Waals surface area contributed by atoms with Gasteiger partial charge in [0.25, 0.3) is 11.8 Å². The lowest BCUT2D eigenvalue weighted by molar-refractivity contribution is 0.0303. The van der Waals surface area contributed by atoms with Gasteiger partial charge in [0.15, 0.2) is 5.76 Å². The lowest BCUT2D eigenvalue weighted by atomic mass is 10.1. The van der Waals surface area contributed by atoms with Crippen molar-refractivity contribution in [3.8, 4) is 0 Å². The largest absolute Gasteiger partial charge is 0.451 e. The summed E-state index contributed by atoms with van der Waals surface area (Å²) in [5.74, 6) is 0.0191. The van der Waals surface area contributed by atoms with Crippen LogP contribution in [-0.2, 0) is 4.74 Å². The number of ether oxygens (including phenoxy) is 1. The van der Waals surface area contributed by atoms with Gasteiger partial charge in [0.2, 0.25) is 0 Å². The topological polar surface area (TPSA) is 84.7 Å². The van der Waals surface area contributed by atoms with E-state index >= 15 is 0 Å². The number of hydrogen-bond acceptors (Lipinski definition) is 5. The molecule has 1 N–H and O–H groups in total. The first-order valence-electron chi connectivity index (χ1n) is 8.44. The van der Waals surface area contributed by atoms with Crippen LogP contribution in [0.4, 0.5) is 5.82 Å². The van der Waals surface area contributed by atoms with Gasteiger partial charge in [-0.15, -0.1) is 0 Å². The molecule has 0 unspecified atom stereocenters. The number of carbonyl (C=O) groups is 2. The summed E-state index contributed by atoms with van der Waals surface area (Å²) in [7, 11) is 0. The van der Waals surface area contributed by atoms with Crippen molar-refractivity contribution in [2.75, 3.05) is 31.6 Å². The van der Waals surface area contributed by atoms with Gasteiger partial charge in [0.05, 0.1) is 18.2 Å². The Hall–Kier alpha value is -2.90. The van der Waals surface area contributed by atoms with Crippen molar-refractivity contribution in [1.82, 2.24) is 9.88 Å². The number of benzene rings is 1. The predicted molar refractivity (Wildman–Crippen MR) is 100 cm³/mol. The minimum Gasteiger partial charge on any atom is -0.451 e. The van der Waals surface area contributed by atoms with Crippen LogP contribution < -0.4 is 5.32 Å². The van der Waals surface area contributed by atoms with Gasteiger partial charge < -0.3 is 19.4 Å². The van der Waals surface area contributed by atoms with E-state index in [-0.39, 0.29) is 11.7 Å². The second kappa shape index (κ2) is 7.38. The van der Waals surface area contributed by atoms with Crippen LogP contribution in [0.1, 0.15) is 20.9 Å². The molecule has 2 amide bonds. The molecule has 0 bridgehead atoms. The summed E-state index contributed by atoms with van der Waals surface area (Å²) in [5, 5.41) is 3.81. The normalized spacial score (nSPS) is 14.3. The molecule has 1 aliphatic heterocycles. The number of rotatable bonds is 3. The van der Waals surface area contributed by atoms with E-state index in [0.717, 1.165) is 0 Å². The highest BCUT2D eigenvalue weighted by Gasteiger charge is 2.20. The third-order valence-corrected chi connectivity index (χ3v) is 4.48. The number of aromatic nitrogens is 1. The summed E-state index contributed by atoms with van der Waals surface area (Å²) in [5.41, 5.74) is 1.08. The highest BCUT2D eigenvalue weighted by Crippen LogP contribution is 2.23. The van der Waals surface area contributed by atoms with Crippen LogP contribution in [0.5, 0.6) is 0 Å². The smallest absolute Gasteiger partial charge is 0.292 e. The number of fused-ring (bicyclic) bond motifs is 1. The Morgan fingerprint density at radius 1 is 1.11 bits per heavy atom. The highest BCUT2D eigenvalue weighted by molar-refractivity contribution is 6.30. The number of furan rings is 1. The van der Waals surface area contributed by atoms with Gasteiger partial charge in [-0.25, -0.2) is 4.98 Å². The number of pyridine rings is 1. The van der Waals surface area contributed by atoms with E-state index in [1.807, 2.05) is 0 Å². The molecular weight excluding hydrogens is 370 g/mol. The molecule has 8 heteroatoms. The second-order valence-corrected chi connectivity index (χ2v) is 6.52. The fourth-order valence-corrected chi connectivity index (χ4v) is 2.98. The summed E-state index contributed by atoms with van der Waals surface area (Å²) in [4.78, 5) is 30.7. The van der Waals surface area contributed by atoms with Gasteiger partial charge in [-0.1, -0.05) is 11.6 Å². The Bertz CT molecular complexity index is 994. The maximum absolute atomic E-state index is 12.6. The Morgan fingerprint density at radius 2 is 1.93 bits per heavy atom. The van der Waals surface area contributed by atoms with Crippen molar-refractivity contribution in [2.45, 2.75) is 0 Å². The summed E-state index contributed by atoms with van der Waals surface area (Å²) in [6, 6.07) is 9.96. The zero-order chi connectivity index (χ0) is 18.8. The predicted octanol–water partition coefficient (Wildman–Crippen LogP) is 3.21. The van der Waals surface area contributed by atoms with E-state index in [9.17, 15) is 9.59 Å². The number of morpholine rings is 1. The minimum atomic E-state index is -0.429. The number of amides is 2. The molecule has 0 atom stereocenters. The van der Waals surface area contributed by atoms with E-state index in [2.05, 4.69) is 10.3 Å². The second-order valence-electron chi connectivity index (χ2n) is 6.08. The molecule has 27 heavy (non-hydrogen) atoms. The molecule has 4 rings (SSSR count). The van der Waals surface area contributed by atoms with E-state index in [1.165, 1.54) is 6.20 Å². The molecule has 0 aliphatic carbocycles. The van der Waals surface area contributed by atoms with Gasteiger partial charge in [-0.05, 0) is 36.4 Å². The molecule has 7 nitrogen and oxygen atoms in total. The average molecular weight is 386 g/mol. The van der Waals surface area contributed by atoms with Gasteiger partial charge in [0, 0.05) is 30.2 Å². The van der Waals surface area contributed by atoms with E-state index in [4.69, 9.17) is 20.8 Å². The molecule has 2 aromatic heterocycles. The fraction of sp³-hybridized carbons (Fsp3) is 0.211. The van der Waals surface area contributed by atoms with Gasteiger partial charge in [0.1, 0.15) is 11.4 Å². The van der Waals surface area contributed by atoms with Crippen molar-refractivity contribution < 1.29 is 18.7 Å². The molecule has 3 aromatic rings. The molecule has 0 radical (unpaired) electrons. The van der Waals surface area contributed by atoms with Gasteiger partial charge in [-0.3, -0.25) is 9.59 Å². The molecule has 1 aliphatic rings. The van der Waals surface area contributed by atoms with Crippen molar-refractivity contribution in [1.29, 1.82) is 0 Å². The van der Waals surface area contributed by atoms with E-state index in [0.29, 0.717) is 53.7 Å². The first kappa shape index (κ1) is 17.5. The number of anilines is 1. The standard InChI is InChI=1S/C19H16ClN3O4/c20-14-2-4-17(21-11-14)22-18(24)16-10-13-9-12(1-3-15(13)27-16)19(25)23-5-7-26-8-6-23/h1-4,9-11H,5-8H2,(H,21,22,24). The molecule has 1 saturated heterocycles. The molecule has 1 fully saturated rings. The molecule has 0 saturated carbocycles. The van der Waals surface area contributed by atoms with Crippen LogP contribution in [0.2, 0.25) is 5.02 Å². The quantitative estimate of drug-likeness (QED) is 0.748. The van der Waals surface area contributed by atoms with Crippen molar-refractivity contribution >= 4 is 40.2 Å². The van der Waals surface area contributed by atoms with Crippen LogP contribution >= 0.6 is 11.6 Å². The van der Waals surface area contributed by atoms with Gasteiger partial charge in [-0.2, -0.15) is 0 Å². The fourth-order valence-electron chi connectivity index (χ4n) is 2.86. The maximum Gasteiger partial charge on any atom is 0.292 e. The van der Waals surface area contributed by atoms with Crippen LogP contribution in [-0.4, -0.2) is 48.0 Å². The highest BCUT2D eigenvalue weighted by atomic mass is 35.5. The third-order valence-electron chi connectivity index (χ3n) is 4.25. The summed E-state index contributed by atoms with van der Waals surface area (Å²) in [6.07, 6.45) is 1.44. The summed E-state index contributed by atoms with van der Waals surface area (Å²) >= 11 is 5.78. The van der Waals surface area contributed by atoms with Crippen LogP contribution in [0, 0.1) is 0 Å². The molecule has 138 valence electrons. The van der Waals surface area contributed by atoms with Crippen molar-refractivity contribution in [3.63, 3.8) is 0 Å². The zero-order valence-electron chi connectivity index (χ0n) is 14.3. The summed E-state index contributed by atoms with van der Waals surface area (Å²) in [6.45, 7) is 2.24. The first-order chi connectivity index (χ1) is 13.1. The number of carbonyl (C=O) groups excluding carboxylic acids is 2. The SMILES string of the molecule is O=C(Nc1ccc(Cl)cn1)c1cc2cc(C(=O)N3CCOCC3)ccc2o1. The van der Waals surface area contributed by atoms with Crippen LogP contribution in [0.3, 0.4) is 0 Å². The lowest BCUT2D eigenvalue weighted by Gasteiger charge is -2.26. The minimum absolute atomic E-state index is 0.0576. The first-order valence-corrected chi connectivity index (χ1v) is 8.81. The average Bonchev–Trinajstić information content (AvgIpc) is 3.13. The Morgan fingerprint density at radius 3 is 2.67 bits per heavy atom. The zero-order valence-corrected chi connectivity index (χ0v) is 15.0. The van der Waals surface area contributed by atoms with E-state index in [1.54, 1.807) is 41.3 Å². The molecule has 1 aromatic carbocycles. The monoisotopic (exact) mass is 385 g/mol. The van der Waals surface area contributed by atoms with Crippen LogP contribution in [0.25, 0.3) is 11.0 Å². The Labute approximate surface area is 159 Å².